The first-order valence-corrected chi connectivity index (χ1v) is 7.87. The lowest BCUT2D eigenvalue weighted by molar-refractivity contribution is -0.128. The second-order valence-corrected chi connectivity index (χ2v) is 7.37. The molecule has 1 rings (SSSR count). The van der Waals surface area contributed by atoms with Gasteiger partial charge in [-0.15, -0.1) is 11.3 Å². The highest BCUT2D eigenvalue weighted by Crippen LogP contribution is 2.19. The number of nitrogens with zero attached hydrogens (tertiary/aromatic N) is 2. The van der Waals surface area contributed by atoms with Crippen LogP contribution in [0.15, 0.2) is 21.7 Å². The standard InChI is InChI=1S/C11H18N2O3S2/c1-12(2)10(14)6-4-8-13(3)18(15,16)11-7-5-9-17-11/h5,7,9H,4,6,8H2,1-3H3. The number of hydrogen-bond acceptors (Lipinski definition) is 4. The predicted octanol–water partition coefficient (Wildman–Crippen LogP) is 1.24. The highest BCUT2D eigenvalue weighted by molar-refractivity contribution is 7.91. The molecule has 1 heterocycles. The topological polar surface area (TPSA) is 57.7 Å². The highest BCUT2D eigenvalue weighted by Gasteiger charge is 2.21. The largest absolute Gasteiger partial charge is 0.349 e. The SMILES string of the molecule is CN(C)C(=O)CCCN(C)S(=O)(=O)c1cccs1. The van der Waals surface area contributed by atoms with Gasteiger partial charge in [0.25, 0.3) is 10.0 Å². The Morgan fingerprint density at radius 2 is 2.00 bits per heavy atom. The van der Waals surface area contributed by atoms with E-state index < -0.39 is 10.0 Å². The second-order valence-electron chi connectivity index (χ2n) is 4.15. The molecular formula is C11H18N2O3S2. The van der Waals surface area contributed by atoms with Crippen molar-refractivity contribution in [3.05, 3.63) is 17.5 Å². The molecule has 1 aromatic rings. The van der Waals surface area contributed by atoms with E-state index in [1.165, 1.54) is 27.6 Å². The van der Waals surface area contributed by atoms with E-state index in [1.54, 1.807) is 31.6 Å². The molecule has 0 N–H and O–H groups in total. The molecule has 0 saturated heterocycles. The summed E-state index contributed by atoms with van der Waals surface area (Å²) >= 11 is 1.20. The fourth-order valence-corrected chi connectivity index (χ4v) is 3.77. The number of amides is 1. The maximum atomic E-state index is 12.0. The van der Waals surface area contributed by atoms with Gasteiger partial charge in [-0.25, -0.2) is 12.7 Å². The van der Waals surface area contributed by atoms with Crippen LogP contribution in [0, 0.1) is 0 Å². The Balaban J connectivity index is 2.51. The molecule has 0 fully saturated rings. The van der Waals surface area contributed by atoms with Gasteiger partial charge in [0.05, 0.1) is 0 Å². The van der Waals surface area contributed by atoms with Crippen LogP contribution in [0.4, 0.5) is 0 Å². The summed E-state index contributed by atoms with van der Waals surface area (Å²) in [7, 11) is 1.53. The van der Waals surface area contributed by atoms with Gasteiger partial charge in [0, 0.05) is 34.1 Å². The maximum Gasteiger partial charge on any atom is 0.252 e. The predicted molar refractivity (Wildman–Crippen MR) is 72.1 cm³/mol. The van der Waals surface area contributed by atoms with Gasteiger partial charge in [-0.2, -0.15) is 0 Å². The zero-order valence-corrected chi connectivity index (χ0v) is 12.4. The molecule has 102 valence electrons. The van der Waals surface area contributed by atoms with Gasteiger partial charge < -0.3 is 4.90 Å². The van der Waals surface area contributed by atoms with Crippen molar-refractivity contribution in [1.29, 1.82) is 0 Å². The van der Waals surface area contributed by atoms with Crippen LogP contribution in [-0.4, -0.2) is 51.2 Å². The summed E-state index contributed by atoms with van der Waals surface area (Å²) in [6, 6.07) is 3.29. The molecule has 0 aliphatic heterocycles. The Kier molecular flexibility index (Phi) is 5.30. The Hall–Kier alpha value is -0.920. The Labute approximate surface area is 112 Å². The first kappa shape index (κ1) is 15.1. The van der Waals surface area contributed by atoms with Crippen molar-refractivity contribution in [3.8, 4) is 0 Å². The summed E-state index contributed by atoms with van der Waals surface area (Å²) in [6.45, 7) is 0.347. The van der Waals surface area contributed by atoms with Crippen LogP contribution in [-0.2, 0) is 14.8 Å². The van der Waals surface area contributed by atoms with Gasteiger partial charge in [0.15, 0.2) is 0 Å². The highest BCUT2D eigenvalue weighted by atomic mass is 32.2. The summed E-state index contributed by atoms with van der Waals surface area (Å²) in [5.41, 5.74) is 0. The van der Waals surface area contributed by atoms with E-state index in [1.807, 2.05) is 0 Å². The van der Waals surface area contributed by atoms with Crippen molar-refractivity contribution in [3.63, 3.8) is 0 Å². The third kappa shape index (κ3) is 3.79. The average molecular weight is 290 g/mol. The monoisotopic (exact) mass is 290 g/mol. The van der Waals surface area contributed by atoms with E-state index in [9.17, 15) is 13.2 Å². The number of rotatable bonds is 6. The molecule has 0 aromatic carbocycles. The van der Waals surface area contributed by atoms with Gasteiger partial charge in [-0.05, 0) is 17.9 Å². The normalized spacial score (nSPS) is 11.8. The zero-order chi connectivity index (χ0) is 13.8. The molecule has 0 bridgehead atoms. The smallest absolute Gasteiger partial charge is 0.252 e. The zero-order valence-electron chi connectivity index (χ0n) is 10.8. The van der Waals surface area contributed by atoms with E-state index in [2.05, 4.69) is 0 Å². The molecule has 0 aliphatic rings. The molecule has 0 radical (unpaired) electrons. The fourth-order valence-electron chi connectivity index (χ4n) is 1.36. The molecule has 0 spiro atoms. The van der Waals surface area contributed by atoms with E-state index in [4.69, 9.17) is 0 Å². The minimum atomic E-state index is -3.39. The van der Waals surface area contributed by atoms with E-state index in [0.29, 0.717) is 23.6 Å². The summed E-state index contributed by atoms with van der Waals surface area (Å²) in [6.07, 6.45) is 0.884. The third-order valence-electron chi connectivity index (χ3n) is 2.52. The average Bonchev–Trinajstić information content (AvgIpc) is 2.82. The maximum absolute atomic E-state index is 12.0. The van der Waals surface area contributed by atoms with Crippen molar-refractivity contribution in [2.75, 3.05) is 27.7 Å². The molecule has 0 saturated carbocycles. The summed E-state index contributed by atoms with van der Waals surface area (Å²) < 4.78 is 25.7. The summed E-state index contributed by atoms with van der Waals surface area (Å²) in [4.78, 5) is 12.9. The van der Waals surface area contributed by atoms with Crippen molar-refractivity contribution < 1.29 is 13.2 Å². The van der Waals surface area contributed by atoms with Crippen LogP contribution < -0.4 is 0 Å². The molecule has 1 amide bonds. The van der Waals surface area contributed by atoms with Crippen LogP contribution >= 0.6 is 11.3 Å². The third-order valence-corrected chi connectivity index (χ3v) is 5.75. The lowest BCUT2D eigenvalue weighted by atomic mass is 10.3. The summed E-state index contributed by atoms with van der Waals surface area (Å²) in [5.74, 6) is 0.0110. The molecular weight excluding hydrogens is 272 g/mol. The van der Waals surface area contributed by atoms with Crippen LogP contribution in [0.2, 0.25) is 0 Å². The molecule has 5 nitrogen and oxygen atoms in total. The van der Waals surface area contributed by atoms with Crippen LogP contribution in [0.25, 0.3) is 0 Å². The lowest BCUT2D eigenvalue weighted by Crippen LogP contribution is -2.29. The van der Waals surface area contributed by atoms with Gasteiger partial charge >= 0.3 is 0 Å². The van der Waals surface area contributed by atoms with Crippen LogP contribution in [0.5, 0.6) is 0 Å². The lowest BCUT2D eigenvalue weighted by Gasteiger charge is -2.16. The molecule has 0 atom stereocenters. The second kappa shape index (κ2) is 6.31. The van der Waals surface area contributed by atoms with Gasteiger partial charge in [-0.3, -0.25) is 4.79 Å². The van der Waals surface area contributed by atoms with Gasteiger partial charge in [-0.1, -0.05) is 6.07 Å². The number of sulfonamides is 1. The van der Waals surface area contributed by atoms with Crippen molar-refractivity contribution >= 4 is 27.3 Å². The fraction of sp³-hybridized carbons (Fsp3) is 0.545. The van der Waals surface area contributed by atoms with E-state index in [-0.39, 0.29) is 5.91 Å². The first-order valence-electron chi connectivity index (χ1n) is 5.55. The van der Waals surface area contributed by atoms with Crippen molar-refractivity contribution in [2.24, 2.45) is 0 Å². The van der Waals surface area contributed by atoms with E-state index >= 15 is 0 Å². The molecule has 1 aromatic heterocycles. The van der Waals surface area contributed by atoms with Crippen molar-refractivity contribution in [2.45, 2.75) is 17.1 Å². The molecule has 7 heteroatoms. The van der Waals surface area contributed by atoms with Crippen LogP contribution in [0.1, 0.15) is 12.8 Å². The first-order chi connectivity index (χ1) is 8.35. The van der Waals surface area contributed by atoms with Gasteiger partial charge in [0.2, 0.25) is 5.91 Å². The number of carbonyl (C=O) groups is 1. The molecule has 0 aliphatic carbocycles. The number of hydrogen-bond donors (Lipinski definition) is 0. The quantitative estimate of drug-likeness (QED) is 0.792. The summed E-state index contributed by atoms with van der Waals surface area (Å²) in [5, 5.41) is 1.73. The Morgan fingerprint density at radius 1 is 1.33 bits per heavy atom. The van der Waals surface area contributed by atoms with Gasteiger partial charge in [0.1, 0.15) is 4.21 Å². The van der Waals surface area contributed by atoms with Crippen molar-refractivity contribution in [1.82, 2.24) is 9.21 Å². The Morgan fingerprint density at radius 3 is 2.50 bits per heavy atom. The molecule has 18 heavy (non-hydrogen) atoms. The minimum absolute atomic E-state index is 0.0110. The number of carbonyl (C=O) groups excluding carboxylic acids is 1. The Bertz CT molecular complexity index is 480. The van der Waals surface area contributed by atoms with E-state index in [0.717, 1.165) is 0 Å². The minimum Gasteiger partial charge on any atom is -0.349 e. The van der Waals surface area contributed by atoms with Crippen LogP contribution in [0.3, 0.4) is 0 Å². The number of thiophene rings is 1. The molecule has 0 unspecified atom stereocenters.